The van der Waals surface area contributed by atoms with Gasteiger partial charge in [-0.1, -0.05) is 37.3 Å². The molecule has 2 aromatic rings. The monoisotopic (exact) mass is 435 g/mol. The minimum absolute atomic E-state index is 0.0841. The number of nitrogens with one attached hydrogen (secondary N) is 1. The highest BCUT2D eigenvalue weighted by Gasteiger charge is 2.43. The summed E-state index contributed by atoms with van der Waals surface area (Å²) in [7, 11) is 0. The Bertz CT molecular complexity index is 917. The minimum Gasteiger partial charge on any atom is -0.368 e. The first-order chi connectivity index (χ1) is 15.6. The fourth-order valence-corrected chi connectivity index (χ4v) is 4.88. The Labute approximate surface area is 190 Å². The van der Waals surface area contributed by atoms with Gasteiger partial charge in [-0.2, -0.15) is 0 Å². The molecule has 0 unspecified atom stereocenters. The van der Waals surface area contributed by atoms with Crippen LogP contribution in [0.4, 0.5) is 0 Å². The Kier molecular flexibility index (Phi) is 7.20. The summed E-state index contributed by atoms with van der Waals surface area (Å²) in [6, 6.07) is 12.3. The van der Waals surface area contributed by atoms with Crippen molar-refractivity contribution in [2.45, 2.75) is 51.6 Å². The Balaban J connectivity index is 1.56. The highest BCUT2D eigenvalue weighted by molar-refractivity contribution is 5.85. The molecule has 0 spiro atoms. The fraction of sp³-hybridized carbons (Fsp3) is 0.500. The number of pyridine rings is 1. The van der Waals surface area contributed by atoms with Gasteiger partial charge in [0.05, 0.1) is 5.41 Å². The summed E-state index contributed by atoms with van der Waals surface area (Å²) in [5.41, 5.74) is 2.78. The number of likely N-dealkylation sites (tertiary alicyclic amines) is 1. The van der Waals surface area contributed by atoms with Crippen molar-refractivity contribution < 1.29 is 14.3 Å². The molecule has 0 saturated carbocycles. The number of piperidine rings is 1. The maximum atomic E-state index is 13.4. The van der Waals surface area contributed by atoms with Crippen molar-refractivity contribution in [2.24, 2.45) is 5.41 Å². The zero-order chi connectivity index (χ0) is 22.4. The van der Waals surface area contributed by atoms with E-state index in [-0.39, 0.29) is 17.9 Å². The Morgan fingerprint density at radius 3 is 2.69 bits per heavy atom. The summed E-state index contributed by atoms with van der Waals surface area (Å²) in [6.45, 7) is 4.58. The smallest absolute Gasteiger partial charge is 0.251 e. The third kappa shape index (κ3) is 4.85. The van der Waals surface area contributed by atoms with Gasteiger partial charge in [0, 0.05) is 44.2 Å². The van der Waals surface area contributed by atoms with Gasteiger partial charge in [-0.15, -0.1) is 0 Å². The summed E-state index contributed by atoms with van der Waals surface area (Å²) >= 11 is 0. The molecule has 1 N–H and O–H groups in total. The first kappa shape index (κ1) is 22.5. The van der Waals surface area contributed by atoms with Gasteiger partial charge in [0.1, 0.15) is 6.10 Å². The molecule has 2 amide bonds. The molecule has 6 nitrogen and oxygen atoms in total. The molecular formula is C26H33N3O3. The molecular weight excluding hydrogens is 402 g/mol. The Morgan fingerprint density at radius 1 is 1.19 bits per heavy atom. The number of carbonyl (C=O) groups excluding carboxylic acids is 2. The van der Waals surface area contributed by atoms with E-state index in [9.17, 15) is 9.59 Å². The SMILES string of the molecule is CCCNC(=O)C1(Cc2ccccc2-c2cccnc2)CCN(C(=O)[C@H]2CCCO2)CC1. The highest BCUT2D eigenvalue weighted by atomic mass is 16.5. The van der Waals surface area contributed by atoms with Gasteiger partial charge in [-0.3, -0.25) is 14.6 Å². The van der Waals surface area contributed by atoms with E-state index in [1.54, 1.807) is 6.20 Å². The lowest BCUT2D eigenvalue weighted by molar-refractivity contribution is -0.146. The normalized spacial score (nSPS) is 20.2. The van der Waals surface area contributed by atoms with E-state index >= 15 is 0 Å². The molecule has 3 heterocycles. The van der Waals surface area contributed by atoms with Gasteiger partial charge >= 0.3 is 0 Å². The van der Waals surface area contributed by atoms with Gasteiger partial charge in [-0.05, 0) is 55.7 Å². The Morgan fingerprint density at radius 2 is 2.00 bits per heavy atom. The zero-order valence-electron chi connectivity index (χ0n) is 18.9. The van der Waals surface area contributed by atoms with Crippen LogP contribution in [0.2, 0.25) is 0 Å². The largest absolute Gasteiger partial charge is 0.368 e. The van der Waals surface area contributed by atoms with E-state index in [4.69, 9.17) is 4.74 Å². The number of ether oxygens (including phenoxy) is 1. The van der Waals surface area contributed by atoms with Crippen LogP contribution in [0.25, 0.3) is 11.1 Å². The maximum Gasteiger partial charge on any atom is 0.251 e. The van der Waals surface area contributed by atoms with Crippen LogP contribution < -0.4 is 5.32 Å². The van der Waals surface area contributed by atoms with Gasteiger partial charge in [0.15, 0.2) is 0 Å². The number of carbonyl (C=O) groups is 2. The van der Waals surface area contributed by atoms with Crippen molar-refractivity contribution in [3.05, 3.63) is 54.4 Å². The van der Waals surface area contributed by atoms with E-state index in [0.29, 0.717) is 45.5 Å². The number of nitrogens with zero attached hydrogens (tertiary/aromatic N) is 2. The molecule has 170 valence electrons. The lowest BCUT2D eigenvalue weighted by atomic mass is 9.72. The van der Waals surface area contributed by atoms with Crippen molar-refractivity contribution >= 4 is 11.8 Å². The molecule has 0 aliphatic carbocycles. The summed E-state index contributed by atoms with van der Waals surface area (Å²) in [5.74, 6) is 0.186. The molecule has 2 saturated heterocycles. The highest BCUT2D eigenvalue weighted by Crippen LogP contribution is 2.38. The second-order valence-corrected chi connectivity index (χ2v) is 8.94. The van der Waals surface area contributed by atoms with Crippen LogP contribution >= 0.6 is 0 Å². The van der Waals surface area contributed by atoms with Crippen LogP contribution in [0.3, 0.4) is 0 Å². The second kappa shape index (κ2) is 10.3. The standard InChI is InChI=1S/C26H33N3O3/c1-2-13-28-25(31)26(11-15-29(16-12-26)24(30)23-10-6-17-32-23)18-20-7-3-4-9-22(20)21-8-5-14-27-19-21/h3-5,7-9,14,19,23H,2,6,10-13,15-18H2,1H3,(H,28,31)/t23-/m1/s1. The molecule has 1 atom stereocenters. The van der Waals surface area contributed by atoms with Crippen LogP contribution in [0.5, 0.6) is 0 Å². The first-order valence-corrected chi connectivity index (χ1v) is 11.8. The predicted octanol–water partition coefficient (Wildman–Crippen LogP) is 3.61. The van der Waals surface area contributed by atoms with Crippen molar-refractivity contribution in [3.63, 3.8) is 0 Å². The van der Waals surface area contributed by atoms with Crippen LogP contribution in [0.15, 0.2) is 48.8 Å². The predicted molar refractivity (Wildman–Crippen MR) is 124 cm³/mol. The maximum absolute atomic E-state index is 13.4. The number of benzene rings is 1. The summed E-state index contributed by atoms with van der Waals surface area (Å²) in [6.07, 6.45) is 7.94. The molecule has 1 aromatic carbocycles. The molecule has 2 fully saturated rings. The zero-order valence-corrected chi connectivity index (χ0v) is 18.9. The quantitative estimate of drug-likeness (QED) is 0.721. The fourth-order valence-electron chi connectivity index (χ4n) is 4.88. The number of aromatic nitrogens is 1. The molecule has 32 heavy (non-hydrogen) atoms. The van der Waals surface area contributed by atoms with E-state index < -0.39 is 5.41 Å². The third-order valence-corrected chi connectivity index (χ3v) is 6.77. The van der Waals surface area contributed by atoms with Gasteiger partial charge in [0.2, 0.25) is 5.91 Å². The average Bonchev–Trinajstić information content (AvgIpc) is 3.38. The summed E-state index contributed by atoms with van der Waals surface area (Å²) < 4.78 is 5.60. The molecule has 0 bridgehead atoms. The second-order valence-electron chi connectivity index (χ2n) is 8.94. The molecule has 0 radical (unpaired) electrons. The molecule has 2 aliphatic heterocycles. The van der Waals surface area contributed by atoms with Crippen molar-refractivity contribution in [3.8, 4) is 11.1 Å². The average molecular weight is 436 g/mol. The third-order valence-electron chi connectivity index (χ3n) is 6.77. The van der Waals surface area contributed by atoms with Crippen molar-refractivity contribution in [2.75, 3.05) is 26.2 Å². The Hall–Kier alpha value is -2.73. The first-order valence-electron chi connectivity index (χ1n) is 11.8. The van der Waals surface area contributed by atoms with Crippen molar-refractivity contribution in [1.29, 1.82) is 0 Å². The summed E-state index contributed by atoms with van der Waals surface area (Å²) in [5, 5.41) is 3.14. The van der Waals surface area contributed by atoms with Crippen LogP contribution in [0.1, 0.15) is 44.6 Å². The van der Waals surface area contributed by atoms with Crippen LogP contribution in [-0.4, -0.2) is 54.0 Å². The van der Waals surface area contributed by atoms with E-state index in [1.165, 1.54) is 0 Å². The number of amides is 2. The van der Waals surface area contributed by atoms with Gasteiger partial charge in [0.25, 0.3) is 5.91 Å². The van der Waals surface area contributed by atoms with Crippen LogP contribution in [0, 0.1) is 5.41 Å². The number of hydrogen-bond donors (Lipinski definition) is 1. The summed E-state index contributed by atoms with van der Waals surface area (Å²) in [4.78, 5) is 32.4. The van der Waals surface area contributed by atoms with Crippen molar-refractivity contribution in [1.82, 2.24) is 15.2 Å². The van der Waals surface area contributed by atoms with E-state index in [2.05, 4.69) is 35.4 Å². The lowest BCUT2D eigenvalue weighted by Gasteiger charge is -2.41. The number of hydrogen-bond acceptors (Lipinski definition) is 4. The number of rotatable bonds is 7. The molecule has 4 rings (SSSR count). The minimum atomic E-state index is -0.527. The van der Waals surface area contributed by atoms with Crippen LogP contribution in [-0.2, 0) is 20.7 Å². The van der Waals surface area contributed by atoms with E-state index in [1.807, 2.05) is 29.3 Å². The topological polar surface area (TPSA) is 71.5 Å². The molecule has 2 aliphatic rings. The van der Waals surface area contributed by atoms with Gasteiger partial charge < -0.3 is 15.0 Å². The molecule has 6 heteroatoms. The lowest BCUT2D eigenvalue weighted by Crippen LogP contribution is -2.53. The molecule has 1 aromatic heterocycles. The van der Waals surface area contributed by atoms with E-state index in [0.717, 1.165) is 36.0 Å². The van der Waals surface area contributed by atoms with Gasteiger partial charge in [-0.25, -0.2) is 0 Å².